The van der Waals surface area contributed by atoms with Crippen LogP contribution in [-0.2, 0) is 47.6 Å². The molecule has 0 atom stereocenters. The molecule has 0 amide bonds. The van der Waals surface area contributed by atoms with E-state index in [9.17, 15) is 27.6 Å². The van der Waals surface area contributed by atoms with E-state index in [1.807, 2.05) is 0 Å². The van der Waals surface area contributed by atoms with Crippen LogP contribution in [-0.4, -0.2) is 64.8 Å². The fourth-order valence-corrected chi connectivity index (χ4v) is 4.69. The Kier molecular flexibility index (Phi) is 12.1. The largest absolute Gasteiger partial charge is 0.462 e. The second-order valence-corrected chi connectivity index (χ2v) is 10.4. The van der Waals surface area contributed by atoms with E-state index in [0.717, 1.165) is 37.5 Å². The summed E-state index contributed by atoms with van der Waals surface area (Å²) >= 11 is 0. The summed E-state index contributed by atoms with van der Waals surface area (Å²) in [7, 11) is -4.01. The van der Waals surface area contributed by atoms with E-state index in [4.69, 9.17) is 23.1 Å². The zero-order valence-electron chi connectivity index (χ0n) is 21.5. The maximum atomic E-state index is 12.8. The van der Waals surface area contributed by atoms with Crippen molar-refractivity contribution in [3.05, 3.63) is 67.8 Å². The van der Waals surface area contributed by atoms with Crippen LogP contribution in [0.2, 0.25) is 0 Å². The molecule has 0 heterocycles. The topological polar surface area (TPSA) is 149 Å². The molecule has 0 radical (unpaired) electrons. The number of benzene rings is 1. The first-order valence-corrected chi connectivity index (χ1v) is 13.5. The molecule has 1 fully saturated rings. The van der Waals surface area contributed by atoms with Gasteiger partial charge in [0.05, 0.1) is 16.6 Å². The Hall–Kier alpha value is -3.77. The van der Waals surface area contributed by atoms with Crippen molar-refractivity contribution >= 4 is 34.0 Å². The van der Waals surface area contributed by atoms with E-state index in [1.54, 1.807) is 0 Å². The van der Waals surface area contributed by atoms with Gasteiger partial charge >= 0.3 is 23.9 Å². The van der Waals surface area contributed by atoms with Gasteiger partial charge in [-0.3, -0.25) is 4.18 Å². The van der Waals surface area contributed by atoms with Gasteiger partial charge in [0.2, 0.25) is 0 Å². The molecule has 2 rings (SSSR count). The molecule has 0 saturated heterocycles. The fraction of sp³-hybridized carbons (Fsp3) is 0.407. The molecule has 39 heavy (non-hydrogen) atoms. The maximum Gasteiger partial charge on any atom is 0.338 e. The summed E-state index contributed by atoms with van der Waals surface area (Å²) in [5.41, 5.74) is -1.49. The molecule has 212 valence electrons. The summed E-state index contributed by atoms with van der Waals surface area (Å²) < 4.78 is 51.2. The molecule has 0 spiro atoms. The fourth-order valence-electron chi connectivity index (χ4n) is 3.56. The first kappa shape index (κ1) is 31.4. The number of rotatable bonds is 15. The van der Waals surface area contributed by atoms with Crippen molar-refractivity contribution < 1.29 is 50.7 Å². The zero-order chi connectivity index (χ0) is 28.9. The van der Waals surface area contributed by atoms with E-state index < -0.39 is 65.8 Å². The third-order valence-corrected chi connectivity index (χ3v) is 7.14. The lowest BCUT2D eigenvalue weighted by Crippen LogP contribution is -2.43. The number of esters is 4. The lowest BCUT2D eigenvalue weighted by Gasteiger charge is -2.31. The standard InChI is InChI=1S/C27H32O11S/c1-4-23(28)34-16-27(17-35-24(29)5-2,18-36-25(30)6-3)19-37-26(31)20-12-14-22(15-13-20)39(32,33)38-21-10-8-7-9-11-21/h4-6,12-15,21H,1-3,7-11,16-19H2. The van der Waals surface area contributed by atoms with E-state index in [1.165, 1.54) is 24.3 Å². The van der Waals surface area contributed by atoms with Crippen LogP contribution in [0.3, 0.4) is 0 Å². The van der Waals surface area contributed by atoms with Crippen LogP contribution in [0.4, 0.5) is 0 Å². The Labute approximate surface area is 227 Å². The van der Waals surface area contributed by atoms with Crippen molar-refractivity contribution in [1.82, 2.24) is 0 Å². The first-order chi connectivity index (χ1) is 18.5. The summed E-state index contributed by atoms with van der Waals surface area (Å²) in [5.74, 6) is -3.31. The molecule has 1 aromatic carbocycles. The summed E-state index contributed by atoms with van der Waals surface area (Å²) in [6.45, 7) is 7.95. The van der Waals surface area contributed by atoms with Gasteiger partial charge in [-0.1, -0.05) is 39.0 Å². The molecule has 12 heteroatoms. The third kappa shape index (κ3) is 10.1. The number of ether oxygens (including phenoxy) is 4. The molecule has 11 nitrogen and oxygen atoms in total. The van der Waals surface area contributed by atoms with Gasteiger partial charge in [-0.15, -0.1) is 0 Å². The smallest absolute Gasteiger partial charge is 0.338 e. The highest BCUT2D eigenvalue weighted by Crippen LogP contribution is 2.26. The van der Waals surface area contributed by atoms with Crippen LogP contribution in [0.25, 0.3) is 0 Å². The van der Waals surface area contributed by atoms with Crippen LogP contribution in [0.1, 0.15) is 42.5 Å². The lowest BCUT2D eigenvalue weighted by molar-refractivity contribution is -0.159. The second kappa shape index (κ2) is 15.0. The van der Waals surface area contributed by atoms with E-state index >= 15 is 0 Å². The van der Waals surface area contributed by atoms with Crippen molar-refractivity contribution in [1.29, 1.82) is 0 Å². The van der Waals surface area contributed by atoms with Gasteiger partial charge in [0.15, 0.2) is 0 Å². The van der Waals surface area contributed by atoms with E-state index in [0.29, 0.717) is 12.8 Å². The average Bonchev–Trinajstić information content (AvgIpc) is 2.95. The van der Waals surface area contributed by atoms with Crippen LogP contribution >= 0.6 is 0 Å². The monoisotopic (exact) mass is 564 g/mol. The summed E-state index contributed by atoms with van der Waals surface area (Å²) in [4.78, 5) is 47.7. The number of hydrogen-bond donors (Lipinski definition) is 0. The van der Waals surface area contributed by atoms with Gasteiger partial charge in [0, 0.05) is 18.2 Å². The summed E-state index contributed by atoms with van der Waals surface area (Å²) in [6.07, 6.45) is 6.50. The molecule has 0 N–H and O–H groups in total. The highest BCUT2D eigenvalue weighted by molar-refractivity contribution is 7.86. The minimum atomic E-state index is -4.01. The van der Waals surface area contributed by atoms with Crippen molar-refractivity contribution in [3.8, 4) is 0 Å². The van der Waals surface area contributed by atoms with Crippen molar-refractivity contribution in [2.75, 3.05) is 26.4 Å². The molecule has 1 aliphatic rings. The predicted octanol–water partition coefficient (Wildman–Crippen LogP) is 3.06. The Morgan fingerprint density at radius 3 is 1.62 bits per heavy atom. The second-order valence-electron chi connectivity index (χ2n) is 8.85. The van der Waals surface area contributed by atoms with Gasteiger partial charge in [-0.05, 0) is 37.1 Å². The van der Waals surface area contributed by atoms with Crippen molar-refractivity contribution in [3.63, 3.8) is 0 Å². The maximum absolute atomic E-state index is 12.8. The molecular formula is C27H32O11S. The first-order valence-electron chi connectivity index (χ1n) is 12.1. The Bertz CT molecular complexity index is 1100. The normalized spacial score (nSPS) is 13.9. The Morgan fingerprint density at radius 2 is 1.18 bits per heavy atom. The van der Waals surface area contributed by atoms with Crippen molar-refractivity contribution in [2.45, 2.75) is 43.1 Å². The summed E-state index contributed by atoms with van der Waals surface area (Å²) in [6, 6.07) is 4.97. The van der Waals surface area contributed by atoms with Gasteiger partial charge in [-0.2, -0.15) is 8.42 Å². The number of hydrogen-bond acceptors (Lipinski definition) is 11. The Balaban J connectivity index is 2.17. The molecule has 0 unspecified atom stereocenters. The van der Waals surface area contributed by atoms with Crippen molar-refractivity contribution in [2.24, 2.45) is 5.41 Å². The number of carbonyl (C=O) groups is 4. The van der Waals surface area contributed by atoms with Crippen LogP contribution < -0.4 is 0 Å². The minimum absolute atomic E-state index is 0.00905. The van der Waals surface area contributed by atoms with Gasteiger partial charge < -0.3 is 18.9 Å². The SMILES string of the molecule is C=CC(=O)OCC(COC(=O)C=C)(COC(=O)C=C)COC(=O)c1ccc(S(=O)(=O)OC2CCCCC2)cc1. The van der Waals surface area contributed by atoms with Gasteiger partial charge in [0.1, 0.15) is 31.8 Å². The van der Waals surface area contributed by atoms with Crippen LogP contribution in [0, 0.1) is 5.41 Å². The van der Waals surface area contributed by atoms with Gasteiger partial charge in [-0.25, -0.2) is 19.2 Å². The molecule has 1 aromatic rings. The Morgan fingerprint density at radius 1 is 0.744 bits per heavy atom. The minimum Gasteiger partial charge on any atom is -0.462 e. The quantitative estimate of drug-likeness (QED) is 0.134. The zero-order valence-corrected chi connectivity index (χ0v) is 22.3. The lowest BCUT2D eigenvalue weighted by atomic mass is 9.92. The highest BCUT2D eigenvalue weighted by Gasteiger charge is 2.37. The molecule has 1 saturated carbocycles. The molecular weight excluding hydrogens is 532 g/mol. The molecule has 0 aromatic heterocycles. The van der Waals surface area contributed by atoms with E-state index in [-0.39, 0.29) is 16.6 Å². The predicted molar refractivity (Wildman–Crippen MR) is 138 cm³/mol. The average molecular weight is 565 g/mol. The molecule has 0 aliphatic heterocycles. The van der Waals surface area contributed by atoms with E-state index in [2.05, 4.69) is 19.7 Å². The number of carbonyl (C=O) groups excluding carboxylic acids is 4. The summed E-state index contributed by atoms with van der Waals surface area (Å²) in [5, 5.41) is 0. The molecule has 0 bridgehead atoms. The highest BCUT2D eigenvalue weighted by atomic mass is 32.2. The van der Waals surface area contributed by atoms with Crippen LogP contribution in [0.5, 0.6) is 0 Å². The molecule has 1 aliphatic carbocycles. The van der Waals surface area contributed by atoms with Gasteiger partial charge in [0.25, 0.3) is 10.1 Å². The third-order valence-electron chi connectivity index (χ3n) is 5.76. The van der Waals surface area contributed by atoms with Crippen LogP contribution in [0.15, 0.2) is 67.1 Å².